The van der Waals surface area contributed by atoms with Gasteiger partial charge in [0.05, 0.1) is 29.3 Å². The molecule has 0 aliphatic rings. The fourth-order valence-corrected chi connectivity index (χ4v) is 4.13. The van der Waals surface area contributed by atoms with Crippen LogP contribution in [0, 0.1) is 13.8 Å². The van der Waals surface area contributed by atoms with Crippen molar-refractivity contribution >= 4 is 33.5 Å². The third-order valence-corrected chi connectivity index (χ3v) is 5.91. The molecule has 0 saturated carbocycles. The zero-order valence-electron chi connectivity index (χ0n) is 18.4. The minimum absolute atomic E-state index is 0.168. The predicted molar refractivity (Wildman–Crippen MR) is 128 cm³/mol. The molecule has 3 aromatic heterocycles. The highest BCUT2D eigenvalue weighted by atomic mass is 16.1. The molecule has 33 heavy (non-hydrogen) atoms. The summed E-state index contributed by atoms with van der Waals surface area (Å²) in [5.74, 6) is 0.346. The molecular weight excluding hydrogens is 414 g/mol. The van der Waals surface area contributed by atoms with Crippen molar-refractivity contribution in [2.24, 2.45) is 0 Å². The van der Waals surface area contributed by atoms with Gasteiger partial charge in [0, 0.05) is 36.7 Å². The van der Waals surface area contributed by atoms with Crippen molar-refractivity contribution < 1.29 is 4.79 Å². The Morgan fingerprint density at radius 2 is 1.82 bits per heavy atom. The van der Waals surface area contributed by atoms with E-state index in [1.807, 2.05) is 44.2 Å². The molecule has 0 aliphatic carbocycles. The molecule has 2 aromatic carbocycles. The molecule has 0 radical (unpaired) electrons. The monoisotopic (exact) mass is 437 g/mol. The van der Waals surface area contributed by atoms with Crippen LogP contribution >= 0.6 is 0 Å². The number of carbonyl (C=O) groups excluding carboxylic acids is 1. The van der Waals surface area contributed by atoms with Gasteiger partial charge < -0.3 is 11.1 Å². The summed E-state index contributed by atoms with van der Waals surface area (Å²) in [7, 11) is 0. The Labute approximate surface area is 190 Å². The second kappa shape index (κ2) is 8.31. The third-order valence-electron chi connectivity index (χ3n) is 5.91. The zero-order valence-corrected chi connectivity index (χ0v) is 18.4. The van der Waals surface area contributed by atoms with E-state index in [-0.39, 0.29) is 5.91 Å². The van der Waals surface area contributed by atoms with Gasteiger partial charge in [-0.15, -0.1) is 0 Å². The number of fused-ring (bicyclic) bond motifs is 2. The maximum Gasteiger partial charge on any atom is 0.254 e. The third kappa shape index (κ3) is 3.98. The molecule has 0 bridgehead atoms. The zero-order chi connectivity index (χ0) is 22.9. The number of nitrogen functional groups attached to an aromatic ring is 1. The number of pyridine rings is 1. The lowest BCUT2D eigenvalue weighted by molar-refractivity contribution is 0.0950. The molecule has 8 heteroatoms. The molecule has 8 nitrogen and oxygen atoms in total. The summed E-state index contributed by atoms with van der Waals surface area (Å²) in [6.07, 6.45) is 8.39. The predicted octanol–water partition coefficient (Wildman–Crippen LogP) is 3.55. The number of aromatic nitrogens is 5. The van der Waals surface area contributed by atoms with Gasteiger partial charge in [0.2, 0.25) is 0 Å². The van der Waals surface area contributed by atoms with E-state index in [1.54, 1.807) is 35.7 Å². The summed E-state index contributed by atoms with van der Waals surface area (Å²) in [5.41, 5.74) is 12.5. The van der Waals surface area contributed by atoms with Gasteiger partial charge >= 0.3 is 0 Å². The molecule has 0 aliphatic heterocycles. The lowest BCUT2D eigenvalue weighted by atomic mass is 9.96. The van der Waals surface area contributed by atoms with Crippen LogP contribution in [0.3, 0.4) is 0 Å². The van der Waals surface area contributed by atoms with Gasteiger partial charge in [-0.25, -0.2) is 4.98 Å². The molecule has 3 heterocycles. The smallest absolute Gasteiger partial charge is 0.254 e. The van der Waals surface area contributed by atoms with Crippen LogP contribution in [-0.2, 0) is 13.1 Å². The lowest BCUT2D eigenvalue weighted by Crippen LogP contribution is -2.23. The van der Waals surface area contributed by atoms with Gasteiger partial charge in [-0.3, -0.25) is 19.4 Å². The summed E-state index contributed by atoms with van der Waals surface area (Å²) >= 11 is 0. The number of benzene rings is 2. The topological polar surface area (TPSA) is 112 Å². The van der Waals surface area contributed by atoms with E-state index in [0.29, 0.717) is 24.5 Å². The molecule has 0 saturated heterocycles. The van der Waals surface area contributed by atoms with Crippen LogP contribution in [0.4, 0.5) is 5.82 Å². The molecular formula is C25H23N7O. The van der Waals surface area contributed by atoms with Gasteiger partial charge in [0.25, 0.3) is 5.91 Å². The van der Waals surface area contributed by atoms with Crippen LogP contribution in [0.2, 0.25) is 0 Å². The number of carbonyl (C=O) groups is 1. The number of anilines is 1. The highest BCUT2D eigenvalue weighted by Gasteiger charge is 2.13. The Morgan fingerprint density at radius 3 is 2.67 bits per heavy atom. The van der Waals surface area contributed by atoms with Crippen LogP contribution < -0.4 is 11.1 Å². The first kappa shape index (κ1) is 20.6. The minimum atomic E-state index is -0.168. The molecule has 5 rings (SSSR count). The fraction of sp³-hybridized carbons (Fsp3) is 0.160. The van der Waals surface area contributed by atoms with Crippen LogP contribution in [-0.4, -0.2) is 30.6 Å². The van der Waals surface area contributed by atoms with Crippen LogP contribution in [0.25, 0.3) is 21.8 Å². The molecule has 0 atom stereocenters. The number of amides is 1. The van der Waals surface area contributed by atoms with Crippen molar-refractivity contribution in [1.82, 2.24) is 30.0 Å². The first-order valence-electron chi connectivity index (χ1n) is 10.6. The summed E-state index contributed by atoms with van der Waals surface area (Å²) in [6, 6.07) is 9.89. The first-order valence-corrected chi connectivity index (χ1v) is 10.6. The number of rotatable bonds is 5. The maximum atomic E-state index is 12.8. The van der Waals surface area contributed by atoms with Crippen molar-refractivity contribution in [3.05, 3.63) is 89.1 Å². The van der Waals surface area contributed by atoms with Gasteiger partial charge in [-0.2, -0.15) is 5.10 Å². The van der Waals surface area contributed by atoms with Crippen LogP contribution in [0.15, 0.2) is 61.3 Å². The first-order chi connectivity index (χ1) is 16.0. The van der Waals surface area contributed by atoms with E-state index < -0.39 is 0 Å². The molecule has 164 valence electrons. The van der Waals surface area contributed by atoms with E-state index in [9.17, 15) is 4.79 Å². The summed E-state index contributed by atoms with van der Waals surface area (Å²) < 4.78 is 1.74. The van der Waals surface area contributed by atoms with Crippen molar-refractivity contribution in [2.45, 2.75) is 26.9 Å². The normalized spacial score (nSPS) is 11.2. The largest absolute Gasteiger partial charge is 0.383 e. The second-order valence-electron chi connectivity index (χ2n) is 8.08. The number of nitrogens with one attached hydrogen (secondary N) is 1. The number of aryl methyl sites for hydroxylation is 2. The number of hydrogen-bond donors (Lipinski definition) is 2. The Kier molecular flexibility index (Phi) is 5.18. The average molecular weight is 438 g/mol. The number of nitrogens with two attached hydrogens (primary N) is 1. The van der Waals surface area contributed by atoms with E-state index in [0.717, 1.165) is 44.1 Å². The highest BCUT2D eigenvalue weighted by molar-refractivity contribution is 5.95. The van der Waals surface area contributed by atoms with Crippen molar-refractivity contribution in [3.8, 4) is 0 Å². The summed E-state index contributed by atoms with van der Waals surface area (Å²) in [4.78, 5) is 25.6. The SMILES string of the molecule is Cc1cc2c(N)nccc2c(C)c1CNC(=O)c1cnn(Cc2ccc3nccnc3c2)c1. The maximum absolute atomic E-state index is 12.8. The van der Waals surface area contributed by atoms with Gasteiger partial charge in [0.15, 0.2) is 0 Å². The Balaban J connectivity index is 1.30. The quantitative estimate of drug-likeness (QED) is 0.435. The van der Waals surface area contributed by atoms with E-state index in [4.69, 9.17) is 5.73 Å². The van der Waals surface area contributed by atoms with Gasteiger partial charge in [0.1, 0.15) is 5.82 Å². The van der Waals surface area contributed by atoms with Gasteiger partial charge in [-0.1, -0.05) is 6.07 Å². The molecule has 3 N–H and O–H groups in total. The summed E-state index contributed by atoms with van der Waals surface area (Å²) in [5, 5.41) is 9.35. The molecule has 0 spiro atoms. The summed E-state index contributed by atoms with van der Waals surface area (Å²) in [6.45, 7) is 5.02. The van der Waals surface area contributed by atoms with Crippen LogP contribution in [0.1, 0.15) is 32.6 Å². The van der Waals surface area contributed by atoms with E-state index >= 15 is 0 Å². The standard InChI is InChI=1S/C25H23N7O/c1-15-9-20-19(5-6-29-24(20)26)16(2)21(15)12-30-25(33)18-11-31-32(14-18)13-17-3-4-22-23(10-17)28-8-7-27-22/h3-11,14H,12-13H2,1-2H3,(H2,26,29)(H,30,33). The Bertz CT molecular complexity index is 1510. The van der Waals surface area contributed by atoms with Crippen molar-refractivity contribution in [3.63, 3.8) is 0 Å². The molecule has 0 fully saturated rings. The number of nitrogens with zero attached hydrogens (tertiary/aromatic N) is 5. The lowest BCUT2D eigenvalue weighted by Gasteiger charge is -2.14. The van der Waals surface area contributed by atoms with Gasteiger partial charge in [-0.05, 0) is 65.8 Å². The highest BCUT2D eigenvalue weighted by Crippen LogP contribution is 2.27. The molecule has 5 aromatic rings. The number of hydrogen-bond acceptors (Lipinski definition) is 6. The average Bonchev–Trinajstić information content (AvgIpc) is 3.28. The second-order valence-corrected chi connectivity index (χ2v) is 8.08. The van der Waals surface area contributed by atoms with E-state index in [2.05, 4.69) is 25.4 Å². The Morgan fingerprint density at radius 1 is 1.00 bits per heavy atom. The minimum Gasteiger partial charge on any atom is -0.383 e. The van der Waals surface area contributed by atoms with Crippen molar-refractivity contribution in [1.29, 1.82) is 0 Å². The fourth-order valence-electron chi connectivity index (χ4n) is 4.13. The van der Waals surface area contributed by atoms with E-state index in [1.165, 1.54) is 0 Å². The molecule has 0 unspecified atom stereocenters. The Hall–Kier alpha value is -4.33. The van der Waals surface area contributed by atoms with Crippen molar-refractivity contribution in [2.75, 3.05) is 5.73 Å². The van der Waals surface area contributed by atoms with Crippen LogP contribution in [0.5, 0.6) is 0 Å². The molecule has 1 amide bonds.